The maximum atomic E-state index is 14.6. The Bertz CT molecular complexity index is 1770. The predicted octanol–water partition coefficient (Wildman–Crippen LogP) is 5.32. The number of amides is 4. The third-order valence-corrected chi connectivity index (χ3v) is 9.06. The fraction of sp³-hybridized carbons (Fsp3) is 0.610. The van der Waals surface area contributed by atoms with Gasteiger partial charge < -0.3 is 34.7 Å². The first-order chi connectivity index (χ1) is 25.0. The molecule has 14 nitrogen and oxygen atoms in total. The van der Waals surface area contributed by atoms with Gasteiger partial charge in [-0.05, 0) is 71.9 Å². The monoisotopic (exact) mass is 769 g/mol. The molecule has 1 unspecified atom stereocenters. The molecule has 0 fully saturated rings. The van der Waals surface area contributed by atoms with Gasteiger partial charge in [0.15, 0.2) is 0 Å². The molecule has 3 atom stereocenters. The summed E-state index contributed by atoms with van der Waals surface area (Å²) in [4.78, 5) is 81.8. The van der Waals surface area contributed by atoms with E-state index in [-0.39, 0.29) is 25.0 Å². The molecule has 0 saturated heterocycles. The number of hydrogen-bond donors (Lipinski definition) is 3. The van der Waals surface area contributed by atoms with Crippen LogP contribution in [0.15, 0.2) is 42.1 Å². The minimum absolute atomic E-state index is 0.0427. The van der Waals surface area contributed by atoms with E-state index in [4.69, 9.17) is 9.47 Å². The van der Waals surface area contributed by atoms with E-state index >= 15 is 0 Å². The van der Waals surface area contributed by atoms with Gasteiger partial charge in [0.05, 0.1) is 0 Å². The number of fused-ring (bicyclic) bond motifs is 1. The third kappa shape index (κ3) is 12.9. The molecular formula is C41H63N5O9. The second-order valence-electron chi connectivity index (χ2n) is 17.8. The molecule has 2 rings (SSSR count). The molecule has 1 aromatic heterocycles. The van der Waals surface area contributed by atoms with Crippen LogP contribution in [0.25, 0.3) is 10.9 Å². The molecule has 3 N–H and O–H groups in total. The van der Waals surface area contributed by atoms with Crippen molar-refractivity contribution in [3.05, 3.63) is 47.7 Å². The smallest absolute Gasteiger partial charge is 0.410 e. The van der Waals surface area contributed by atoms with E-state index in [1.54, 1.807) is 41.5 Å². The van der Waals surface area contributed by atoms with Crippen LogP contribution >= 0.6 is 0 Å². The van der Waals surface area contributed by atoms with E-state index in [0.717, 1.165) is 16.5 Å². The highest BCUT2D eigenvalue weighted by atomic mass is 16.6. The van der Waals surface area contributed by atoms with Crippen LogP contribution in [0.4, 0.5) is 4.79 Å². The van der Waals surface area contributed by atoms with Crippen LogP contribution in [0.2, 0.25) is 0 Å². The number of nitrogens with zero attached hydrogens (tertiary/aromatic N) is 3. The number of carboxylic acid groups (broad SMARTS) is 1. The van der Waals surface area contributed by atoms with Gasteiger partial charge in [-0.1, -0.05) is 58.9 Å². The zero-order valence-electron chi connectivity index (χ0n) is 35.4. The quantitative estimate of drug-likeness (QED) is 0.170. The van der Waals surface area contributed by atoms with Gasteiger partial charge in [0.2, 0.25) is 17.7 Å². The van der Waals surface area contributed by atoms with E-state index in [2.05, 4.69) is 10.6 Å². The van der Waals surface area contributed by atoms with Crippen molar-refractivity contribution in [1.82, 2.24) is 25.0 Å². The Kier molecular flexibility index (Phi) is 14.9. The zero-order valence-corrected chi connectivity index (χ0v) is 35.4. The maximum Gasteiger partial charge on any atom is 0.410 e. The summed E-state index contributed by atoms with van der Waals surface area (Å²) in [7, 11) is 4.95. The zero-order chi connectivity index (χ0) is 42.4. The Balaban J connectivity index is 2.37. The normalized spacial score (nSPS) is 14.3. The fourth-order valence-corrected chi connectivity index (χ4v) is 6.16. The number of carboxylic acids is 1. The van der Waals surface area contributed by atoms with Crippen LogP contribution in [0, 0.1) is 5.41 Å². The van der Waals surface area contributed by atoms with Crippen molar-refractivity contribution < 1.29 is 43.3 Å². The van der Waals surface area contributed by atoms with Crippen molar-refractivity contribution in [3.8, 4) is 0 Å². The molecule has 14 heteroatoms. The van der Waals surface area contributed by atoms with Crippen LogP contribution in [0.3, 0.4) is 0 Å². The summed E-state index contributed by atoms with van der Waals surface area (Å²) in [5.41, 5.74) is -1.42. The molecule has 0 aliphatic heterocycles. The molecule has 1 aromatic carbocycles. The first-order valence-electron chi connectivity index (χ1n) is 18.5. The Morgan fingerprint density at radius 3 is 1.96 bits per heavy atom. The number of carbonyl (C=O) groups is 6. The number of aliphatic carboxylic acids is 1. The fourth-order valence-electron chi connectivity index (χ4n) is 6.16. The Labute approximate surface area is 325 Å². The molecule has 0 bridgehead atoms. The lowest BCUT2D eigenvalue weighted by atomic mass is 9.76. The maximum absolute atomic E-state index is 14.6. The summed E-state index contributed by atoms with van der Waals surface area (Å²) in [5.74, 6) is -3.58. The van der Waals surface area contributed by atoms with Gasteiger partial charge in [0.25, 0.3) is 0 Å². The van der Waals surface area contributed by atoms with Crippen LogP contribution in [0.5, 0.6) is 0 Å². The summed E-state index contributed by atoms with van der Waals surface area (Å²) in [5, 5.41) is 16.0. The first-order valence-corrected chi connectivity index (χ1v) is 18.5. The minimum Gasteiger partial charge on any atom is -0.480 e. The van der Waals surface area contributed by atoms with E-state index in [1.165, 1.54) is 36.9 Å². The summed E-state index contributed by atoms with van der Waals surface area (Å²) in [6, 6.07) is 4.25. The van der Waals surface area contributed by atoms with Gasteiger partial charge in [0, 0.05) is 62.2 Å². The number of esters is 1. The van der Waals surface area contributed by atoms with Crippen molar-refractivity contribution >= 4 is 46.7 Å². The van der Waals surface area contributed by atoms with E-state index in [1.807, 2.05) is 76.7 Å². The van der Waals surface area contributed by atoms with Gasteiger partial charge in [-0.3, -0.25) is 24.1 Å². The number of hydrogen-bond acceptors (Lipinski definition) is 8. The van der Waals surface area contributed by atoms with Crippen LogP contribution < -0.4 is 10.6 Å². The number of aromatic nitrogens is 1. The average molecular weight is 770 g/mol. The van der Waals surface area contributed by atoms with Crippen molar-refractivity contribution in [1.29, 1.82) is 0 Å². The first kappa shape index (κ1) is 46.3. The van der Waals surface area contributed by atoms with Gasteiger partial charge in [-0.25, -0.2) is 9.59 Å². The van der Waals surface area contributed by atoms with Crippen molar-refractivity contribution in [2.75, 3.05) is 20.6 Å². The molecule has 4 amide bonds. The molecule has 0 spiro atoms. The lowest BCUT2D eigenvalue weighted by Crippen LogP contribution is -2.62. The molecule has 0 aliphatic carbocycles. The summed E-state index contributed by atoms with van der Waals surface area (Å²) >= 11 is 0. The summed E-state index contributed by atoms with van der Waals surface area (Å²) < 4.78 is 12.9. The van der Waals surface area contributed by atoms with Gasteiger partial charge in [-0.2, -0.15) is 0 Å². The molecular weight excluding hydrogens is 706 g/mol. The number of benzene rings is 1. The highest BCUT2D eigenvalue weighted by molar-refractivity contribution is 5.96. The molecule has 306 valence electrons. The lowest BCUT2D eigenvalue weighted by Gasteiger charge is -2.41. The van der Waals surface area contributed by atoms with Gasteiger partial charge >= 0.3 is 18.0 Å². The predicted molar refractivity (Wildman–Crippen MR) is 211 cm³/mol. The van der Waals surface area contributed by atoms with E-state index in [9.17, 15) is 33.9 Å². The summed E-state index contributed by atoms with van der Waals surface area (Å²) in [6.45, 7) is 20.9. The number of carbonyl (C=O) groups excluding carboxylic acids is 5. The van der Waals surface area contributed by atoms with Crippen molar-refractivity contribution in [2.45, 2.75) is 131 Å². The topological polar surface area (TPSA) is 177 Å². The summed E-state index contributed by atoms with van der Waals surface area (Å²) in [6.07, 6.45) is 2.34. The molecule has 55 heavy (non-hydrogen) atoms. The van der Waals surface area contributed by atoms with Gasteiger partial charge in [0.1, 0.15) is 29.3 Å². The number of nitrogens with one attached hydrogen (secondary N) is 2. The minimum atomic E-state index is -1.34. The van der Waals surface area contributed by atoms with Crippen molar-refractivity contribution in [2.24, 2.45) is 12.5 Å². The second kappa shape index (κ2) is 17.7. The van der Waals surface area contributed by atoms with E-state index < -0.39 is 75.9 Å². The third-order valence-electron chi connectivity index (χ3n) is 9.06. The second-order valence-corrected chi connectivity index (χ2v) is 17.8. The molecule has 0 aliphatic rings. The SMILES string of the molecule is C/C(=C\CN(C)C(=O)C(NC(=O)[C@@H](N(C)C(=O)OC(C)(C)C)C(C)(C)c1cn(C)c2ccccc12)C(C)(C)C)C(=O)N[C@@H](CCC(=O)OC(C)(C)C)C(=O)O. The Hall–Kier alpha value is -4.88. The molecule has 0 saturated carbocycles. The van der Waals surface area contributed by atoms with Crippen LogP contribution in [-0.4, -0.2) is 105 Å². The van der Waals surface area contributed by atoms with Crippen LogP contribution in [0.1, 0.15) is 101 Å². The molecule has 0 radical (unpaired) electrons. The Morgan fingerprint density at radius 1 is 0.873 bits per heavy atom. The van der Waals surface area contributed by atoms with Crippen molar-refractivity contribution in [3.63, 3.8) is 0 Å². The average Bonchev–Trinajstić information content (AvgIpc) is 3.38. The molecule has 1 heterocycles. The standard InChI is InChI=1S/C41H63N5O9/c1-25(33(48)42-28(36(51)52)20-21-30(47)54-39(5,6)7)22-23-44(13)35(50)31(38(2,3)4)43-34(49)32(46(15)37(53)55-40(8,9)10)41(11,12)27-24-45(14)29-19-17-16-18-26(27)29/h16-19,22,24,28,31-32H,20-21,23H2,1-15H3,(H,42,48)(H,43,49)(H,51,52)/b25-22+/t28-,31?,32+/m0/s1. The number of rotatable bonds is 14. The van der Waals surface area contributed by atoms with Gasteiger partial charge in [-0.15, -0.1) is 0 Å². The lowest BCUT2D eigenvalue weighted by molar-refractivity contribution is -0.155. The van der Waals surface area contributed by atoms with E-state index in [0.29, 0.717) is 0 Å². The highest BCUT2D eigenvalue weighted by Gasteiger charge is 2.46. The number of para-hydroxylation sites is 1. The largest absolute Gasteiger partial charge is 0.480 e. The van der Waals surface area contributed by atoms with Crippen LogP contribution in [-0.2, 0) is 45.9 Å². The number of aryl methyl sites for hydroxylation is 1. The number of likely N-dealkylation sites (N-methyl/N-ethyl adjacent to an activating group) is 2. The molecule has 2 aromatic rings. The number of ether oxygens (including phenoxy) is 2. The highest BCUT2D eigenvalue weighted by Crippen LogP contribution is 2.37. The Morgan fingerprint density at radius 2 is 1.44 bits per heavy atom.